The van der Waals surface area contributed by atoms with E-state index in [4.69, 9.17) is 0 Å². The second kappa shape index (κ2) is 5.23. The van der Waals surface area contributed by atoms with Crippen molar-refractivity contribution in [3.63, 3.8) is 0 Å². The summed E-state index contributed by atoms with van der Waals surface area (Å²) in [6.07, 6.45) is 8.73. The summed E-state index contributed by atoms with van der Waals surface area (Å²) in [4.78, 5) is 8.69. The normalized spacial score (nSPS) is 27.6. The van der Waals surface area contributed by atoms with Crippen LogP contribution in [0.1, 0.15) is 32.1 Å². The van der Waals surface area contributed by atoms with Crippen LogP contribution in [0.2, 0.25) is 0 Å². The van der Waals surface area contributed by atoms with Gasteiger partial charge in [0.1, 0.15) is 16.7 Å². The van der Waals surface area contributed by atoms with Crippen LogP contribution in [0.15, 0.2) is 10.9 Å². The minimum absolute atomic E-state index is 0.808. The van der Waals surface area contributed by atoms with E-state index in [2.05, 4.69) is 36.3 Å². The van der Waals surface area contributed by atoms with Crippen LogP contribution in [0.3, 0.4) is 0 Å². The molecule has 2 heterocycles. The van der Waals surface area contributed by atoms with Gasteiger partial charge in [-0.2, -0.15) is 5.10 Å². The van der Waals surface area contributed by atoms with E-state index in [0.29, 0.717) is 0 Å². The molecule has 112 valence electrons. The van der Waals surface area contributed by atoms with Crippen molar-refractivity contribution in [3.05, 3.63) is 10.9 Å². The Morgan fingerprint density at radius 2 is 2.24 bits per heavy atom. The first-order valence-corrected chi connectivity index (χ1v) is 8.58. The average molecular weight is 350 g/mol. The molecule has 2 bridgehead atoms. The Morgan fingerprint density at radius 1 is 1.33 bits per heavy atom. The van der Waals surface area contributed by atoms with Gasteiger partial charge in [0.15, 0.2) is 5.65 Å². The molecule has 0 saturated heterocycles. The SMILES string of the molecule is Cn1nc(Br)c2c(NCC[C@@H]3C[C@H]4CC[C@H]3C4)ncnc21. The van der Waals surface area contributed by atoms with Crippen molar-refractivity contribution in [2.45, 2.75) is 32.1 Å². The van der Waals surface area contributed by atoms with Crippen LogP contribution in [-0.4, -0.2) is 26.3 Å². The lowest BCUT2D eigenvalue weighted by molar-refractivity contribution is 0.321. The maximum absolute atomic E-state index is 4.39. The lowest BCUT2D eigenvalue weighted by Crippen LogP contribution is -2.15. The first kappa shape index (κ1) is 13.5. The van der Waals surface area contributed by atoms with E-state index in [0.717, 1.165) is 45.8 Å². The molecule has 6 heteroatoms. The molecule has 2 fully saturated rings. The van der Waals surface area contributed by atoms with Gasteiger partial charge < -0.3 is 5.32 Å². The van der Waals surface area contributed by atoms with Gasteiger partial charge in [-0.1, -0.05) is 6.42 Å². The summed E-state index contributed by atoms with van der Waals surface area (Å²) in [6.45, 7) is 0.987. The standard InChI is InChI=1S/C15H20BrN5/c1-21-15-12(13(16)20-21)14(18-8-19-15)17-5-4-11-7-9-2-3-10(11)6-9/h8-11H,2-7H2,1H3,(H,17,18,19)/t9-,10-,11+/m0/s1. The highest BCUT2D eigenvalue weighted by molar-refractivity contribution is 9.10. The zero-order valence-electron chi connectivity index (χ0n) is 12.2. The van der Waals surface area contributed by atoms with Crippen LogP contribution in [-0.2, 0) is 7.05 Å². The van der Waals surface area contributed by atoms with Crippen LogP contribution in [0.4, 0.5) is 5.82 Å². The fourth-order valence-electron chi connectivity index (χ4n) is 4.28. The Balaban J connectivity index is 1.45. The van der Waals surface area contributed by atoms with Gasteiger partial charge in [0, 0.05) is 13.6 Å². The van der Waals surface area contributed by atoms with Crippen molar-refractivity contribution in [2.75, 3.05) is 11.9 Å². The fourth-order valence-corrected chi connectivity index (χ4v) is 4.88. The monoisotopic (exact) mass is 349 g/mol. The Bertz CT molecular complexity index is 667. The van der Waals surface area contributed by atoms with Gasteiger partial charge >= 0.3 is 0 Å². The molecule has 0 unspecified atom stereocenters. The number of aromatic nitrogens is 4. The fraction of sp³-hybridized carbons (Fsp3) is 0.667. The summed E-state index contributed by atoms with van der Waals surface area (Å²) in [5.74, 6) is 3.83. The van der Waals surface area contributed by atoms with E-state index < -0.39 is 0 Å². The second-order valence-corrected chi connectivity index (χ2v) is 7.24. The highest BCUT2D eigenvalue weighted by Crippen LogP contribution is 2.49. The smallest absolute Gasteiger partial charge is 0.164 e. The van der Waals surface area contributed by atoms with E-state index in [9.17, 15) is 0 Å². The molecule has 0 aliphatic heterocycles. The third-order valence-electron chi connectivity index (χ3n) is 5.27. The summed E-state index contributed by atoms with van der Waals surface area (Å²) < 4.78 is 2.59. The molecule has 2 aromatic rings. The second-order valence-electron chi connectivity index (χ2n) is 6.49. The topological polar surface area (TPSA) is 55.6 Å². The quantitative estimate of drug-likeness (QED) is 0.919. The van der Waals surface area contributed by atoms with Gasteiger partial charge in [0.25, 0.3) is 0 Å². The Kier molecular flexibility index (Phi) is 3.36. The van der Waals surface area contributed by atoms with Crippen molar-refractivity contribution >= 4 is 32.8 Å². The van der Waals surface area contributed by atoms with Gasteiger partial charge in [-0.3, -0.25) is 0 Å². The summed E-state index contributed by atoms with van der Waals surface area (Å²) in [7, 11) is 1.90. The van der Waals surface area contributed by atoms with Crippen molar-refractivity contribution in [1.82, 2.24) is 19.7 Å². The molecule has 0 spiro atoms. The van der Waals surface area contributed by atoms with Crippen LogP contribution in [0, 0.1) is 17.8 Å². The highest BCUT2D eigenvalue weighted by Gasteiger charge is 2.38. The van der Waals surface area contributed by atoms with E-state index in [1.807, 2.05) is 7.05 Å². The largest absolute Gasteiger partial charge is 0.369 e. The van der Waals surface area contributed by atoms with Gasteiger partial charge in [-0.05, 0) is 59.4 Å². The number of fused-ring (bicyclic) bond motifs is 3. The molecule has 21 heavy (non-hydrogen) atoms. The molecule has 4 rings (SSSR count). The Hall–Kier alpha value is -1.17. The number of rotatable bonds is 4. The van der Waals surface area contributed by atoms with Crippen molar-refractivity contribution < 1.29 is 0 Å². The molecular weight excluding hydrogens is 330 g/mol. The lowest BCUT2D eigenvalue weighted by Gasteiger charge is -2.21. The number of hydrogen-bond acceptors (Lipinski definition) is 4. The predicted molar refractivity (Wildman–Crippen MR) is 86.0 cm³/mol. The molecule has 3 atom stereocenters. The first-order chi connectivity index (χ1) is 10.2. The third-order valence-corrected chi connectivity index (χ3v) is 5.83. The summed E-state index contributed by atoms with van der Waals surface area (Å²) in [5, 5.41) is 8.83. The molecule has 2 aliphatic carbocycles. The molecule has 2 aliphatic rings. The first-order valence-electron chi connectivity index (χ1n) is 7.79. The molecule has 2 saturated carbocycles. The lowest BCUT2D eigenvalue weighted by atomic mass is 9.86. The minimum atomic E-state index is 0.808. The number of aryl methyl sites for hydroxylation is 1. The van der Waals surface area contributed by atoms with Gasteiger partial charge in [-0.15, -0.1) is 0 Å². The third kappa shape index (κ3) is 2.33. The number of halogens is 1. The summed E-state index contributed by atoms with van der Waals surface area (Å²) in [6, 6.07) is 0. The van der Waals surface area contributed by atoms with Crippen molar-refractivity contribution in [1.29, 1.82) is 0 Å². The number of anilines is 1. The molecular formula is C15H20BrN5. The Labute approximate surface area is 132 Å². The zero-order valence-corrected chi connectivity index (χ0v) is 13.8. The number of nitrogens with one attached hydrogen (secondary N) is 1. The molecule has 0 amide bonds. The molecule has 5 nitrogen and oxygen atoms in total. The predicted octanol–water partition coefficient (Wildman–Crippen LogP) is 3.36. The van der Waals surface area contributed by atoms with E-state index in [-0.39, 0.29) is 0 Å². The maximum atomic E-state index is 4.39. The van der Waals surface area contributed by atoms with Crippen molar-refractivity contribution in [2.24, 2.45) is 24.8 Å². The van der Waals surface area contributed by atoms with Crippen LogP contribution < -0.4 is 5.32 Å². The highest BCUT2D eigenvalue weighted by atomic mass is 79.9. The van der Waals surface area contributed by atoms with E-state index >= 15 is 0 Å². The zero-order chi connectivity index (χ0) is 14.4. The molecule has 0 radical (unpaired) electrons. The minimum Gasteiger partial charge on any atom is -0.369 e. The molecule has 0 aromatic carbocycles. The molecule has 1 N–H and O–H groups in total. The van der Waals surface area contributed by atoms with Crippen LogP contribution in [0.5, 0.6) is 0 Å². The van der Waals surface area contributed by atoms with E-state index in [1.54, 1.807) is 11.0 Å². The van der Waals surface area contributed by atoms with Gasteiger partial charge in [0.05, 0.1) is 5.39 Å². The Morgan fingerprint density at radius 3 is 3.00 bits per heavy atom. The van der Waals surface area contributed by atoms with E-state index in [1.165, 1.54) is 32.1 Å². The van der Waals surface area contributed by atoms with Crippen molar-refractivity contribution in [3.8, 4) is 0 Å². The number of nitrogens with zero attached hydrogens (tertiary/aromatic N) is 4. The maximum Gasteiger partial charge on any atom is 0.164 e. The van der Waals surface area contributed by atoms with Crippen LogP contribution >= 0.6 is 15.9 Å². The average Bonchev–Trinajstić information content (AvgIpc) is 3.15. The number of hydrogen-bond donors (Lipinski definition) is 1. The van der Waals surface area contributed by atoms with Gasteiger partial charge in [-0.25, -0.2) is 14.6 Å². The molecule has 2 aromatic heterocycles. The van der Waals surface area contributed by atoms with Crippen LogP contribution in [0.25, 0.3) is 11.0 Å². The summed E-state index contributed by atoms with van der Waals surface area (Å²) in [5.41, 5.74) is 0.860. The summed E-state index contributed by atoms with van der Waals surface area (Å²) >= 11 is 3.50. The van der Waals surface area contributed by atoms with Gasteiger partial charge in [0.2, 0.25) is 0 Å².